The molecule has 0 radical (unpaired) electrons. The largest absolute Gasteiger partial charge is 0.462 e. The van der Waals surface area contributed by atoms with Crippen molar-refractivity contribution in [3.63, 3.8) is 0 Å². The van der Waals surface area contributed by atoms with Gasteiger partial charge in [0.25, 0.3) is 0 Å². The highest BCUT2D eigenvalue weighted by Crippen LogP contribution is 2.34. The lowest BCUT2D eigenvalue weighted by Crippen LogP contribution is -2.25. The lowest BCUT2D eigenvalue weighted by molar-refractivity contribution is 0.0186. The smallest absolute Gasteiger partial charge is 0.136 e. The summed E-state index contributed by atoms with van der Waals surface area (Å²) in [7, 11) is 0. The zero-order valence-electron chi connectivity index (χ0n) is 14.0. The third kappa shape index (κ3) is 4.07. The van der Waals surface area contributed by atoms with Gasteiger partial charge in [0.05, 0.1) is 6.54 Å². The molecule has 0 unspecified atom stereocenters. The standard InChI is InChI=1S/C20H25NO2S/c1-3-10-20(22,11-4-2)19-8-7-18(23-19)14-21(17-5-6-17)13-16-9-12-24-15-16/h3-4,7-9,12,15,17,22H,1-2,5-6,10-11,13-14H2. The average molecular weight is 343 g/mol. The van der Waals surface area contributed by atoms with Crippen molar-refractivity contribution < 1.29 is 9.52 Å². The molecular formula is C20H25NO2S. The van der Waals surface area contributed by atoms with E-state index in [4.69, 9.17) is 4.42 Å². The van der Waals surface area contributed by atoms with Crippen molar-refractivity contribution in [1.29, 1.82) is 0 Å². The van der Waals surface area contributed by atoms with Crippen molar-refractivity contribution in [3.05, 3.63) is 71.4 Å². The van der Waals surface area contributed by atoms with Crippen LogP contribution in [0.4, 0.5) is 0 Å². The maximum Gasteiger partial charge on any atom is 0.136 e. The van der Waals surface area contributed by atoms with Crippen LogP contribution < -0.4 is 0 Å². The maximum absolute atomic E-state index is 10.8. The third-order valence-electron chi connectivity index (χ3n) is 4.47. The Morgan fingerprint density at radius 1 is 1.21 bits per heavy atom. The SMILES string of the molecule is C=CCC(O)(CC=C)c1ccc(CN(Cc2ccsc2)C2CC2)o1. The van der Waals surface area contributed by atoms with E-state index in [0.29, 0.717) is 24.6 Å². The second-order valence-electron chi connectivity index (χ2n) is 6.55. The van der Waals surface area contributed by atoms with Gasteiger partial charge >= 0.3 is 0 Å². The summed E-state index contributed by atoms with van der Waals surface area (Å²) in [6, 6.07) is 6.70. The van der Waals surface area contributed by atoms with Gasteiger partial charge in [0, 0.05) is 25.4 Å². The summed E-state index contributed by atoms with van der Waals surface area (Å²) in [5.41, 5.74) is 0.313. The van der Waals surface area contributed by atoms with Crippen LogP contribution in [0.2, 0.25) is 0 Å². The second kappa shape index (κ2) is 7.51. The topological polar surface area (TPSA) is 36.6 Å². The maximum atomic E-state index is 10.8. The second-order valence-corrected chi connectivity index (χ2v) is 7.33. The van der Waals surface area contributed by atoms with Gasteiger partial charge in [-0.25, -0.2) is 0 Å². The molecule has 2 aromatic heterocycles. The van der Waals surface area contributed by atoms with E-state index < -0.39 is 5.60 Å². The van der Waals surface area contributed by atoms with E-state index in [1.807, 2.05) is 12.1 Å². The summed E-state index contributed by atoms with van der Waals surface area (Å²) in [6.45, 7) is 9.21. The van der Waals surface area contributed by atoms with E-state index in [1.165, 1.54) is 18.4 Å². The first kappa shape index (κ1) is 17.2. The molecule has 0 aromatic carbocycles. The van der Waals surface area contributed by atoms with Crippen LogP contribution in [-0.2, 0) is 18.7 Å². The fraction of sp³-hybridized carbons (Fsp3) is 0.400. The molecule has 1 aliphatic carbocycles. The highest BCUT2D eigenvalue weighted by molar-refractivity contribution is 7.07. The zero-order chi connectivity index (χ0) is 17.0. The fourth-order valence-corrected chi connectivity index (χ4v) is 3.71. The number of hydrogen-bond donors (Lipinski definition) is 1. The molecule has 3 nitrogen and oxygen atoms in total. The van der Waals surface area contributed by atoms with Gasteiger partial charge in [0.1, 0.15) is 17.1 Å². The molecule has 0 aliphatic heterocycles. The zero-order valence-corrected chi connectivity index (χ0v) is 14.8. The van der Waals surface area contributed by atoms with Crippen LogP contribution in [0.1, 0.15) is 42.8 Å². The number of nitrogens with zero attached hydrogens (tertiary/aromatic N) is 1. The molecular weight excluding hydrogens is 318 g/mol. The first-order valence-electron chi connectivity index (χ1n) is 8.43. The minimum Gasteiger partial charge on any atom is -0.462 e. The van der Waals surface area contributed by atoms with Crippen LogP contribution >= 0.6 is 11.3 Å². The molecule has 1 saturated carbocycles. The molecule has 2 heterocycles. The van der Waals surface area contributed by atoms with Gasteiger partial charge < -0.3 is 9.52 Å². The highest BCUT2D eigenvalue weighted by Gasteiger charge is 2.32. The Kier molecular flexibility index (Phi) is 5.39. The number of furan rings is 1. The molecule has 1 N–H and O–H groups in total. The monoisotopic (exact) mass is 343 g/mol. The van der Waals surface area contributed by atoms with Gasteiger partial charge in [-0.15, -0.1) is 13.2 Å². The summed E-state index contributed by atoms with van der Waals surface area (Å²) in [4.78, 5) is 2.46. The Bertz CT molecular complexity index is 660. The number of rotatable bonds is 10. The van der Waals surface area contributed by atoms with Crippen LogP contribution in [0.5, 0.6) is 0 Å². The summed E-state index contributed by atoms with van der Waals surface area (Å²) in [5, 5.41) is 15.1. The fourth-order valence-electron chi connectivity index (χ4n) is 3.05. The van der Waals surface area contributed by atoms with Gasteiger partial charge in [-0.05, 0) is 47.4 Å². The van der Waals surface area contributed by atoms with Crippen molar-refractivity contribution in [2.24, 2.45) is 0 Å². The minimum atomic E-state index is -1.04. The molecule has 0 bridgehead atoms. The number of thiophene rings is 1. The predicted molar refractivity (Wildman–Crippen MR) is 98.8 cm³/mol. The minimum absolute atomic E-state index is 0.452. The van der Waals surface area contributed by atoms with E-state index in [-0.39, 0.29) is 0 Å². The number of aliphatic hydroxyl groups is 1. The Hall–Kier alpha value is -1.62. The molecule has 0 amide bonds. The van der Waals surface area contributed by atoms with Gasteiger partial charge in [-0.1, -0.05) is 12.2 Å². The summed E-state index contributed by atoms with van der Waals surface area (Å²) in [5.74, 6) is 1.50. The number of hydrogen-bond acceptors (Lipinski definition) is 4. The van der Waals surface area contributed by atoms with E-state index in [1.54, 1.807) is 23.5 Å². The van der Waals surface area contributed by atoms with Crippen LogP contribution in [0.15, 0.2) is 58.7 Å². The van der Waals surface area contributed by atoms with Gasteiger partial charge in [-0.2, -0.15) is 11.3 Å². The van der Waals surface area contributed by atoms with Crippen molar-refractivity contribution in [1.82, 2.24) is 4.90 Å². The molecule has 0 spiro atoms. The Labute approximate surface area is 147 Å². The molecule has 3 rings (SSSR count). The van der Waals surface area contributed by atoms with Crippen molar-refractivity contribution in [2.75, 3.05) is 0 Å². The lowest BCUT2D eigenvalue weighted by atomic mass is 9.93. The normalized spacial score (nSPS) is 14.9. The van der Waals surface area contributed by atoms with Gasteiger partial charge in [0.15, 0.2) is 0 Å². The van der Waals surface area contributed by atoms with Gasteiger partial charge in [0.2, 0.25) is 0 Å². The summed E-state index contributed by atoms with van der Waals surface area (Å²) < 4.78 is 6.00. The predicted octanol–water partition coefficient (Wildman–Crippen LogP) is 4.85. The van der Waals surface area contributed by atoms with Crippen LogP contribution in [0, 0.1) is 0 Å². The molecule has 1 aliphatic rings. The van der Waals surface area contributed by atoms with Crippen molar-refractivity contribution >= 4 is 11.3 Å². The Morgan fingerprint density at radius 3 is 2.54 bits per heavy atom. The van der Waals surface area contributed by atoms with E-state index in [2.05, 4.69) is 34.9 Å². The van der Waals surface area contributed by atoms with E-state index in [9.17, 15) is 5.11 Å². The molecule has 24 heavy (non-hydrogen) atoms. The Balaban J connectivity index is 1.71. The summed E-state index contributed by atoms with van der Waals surface area (Å²) in [6.07, 6.45) is 6.86. The molecule has 0 atom stereocenters. The molecule has 1 fully saturated rings. The van der Waals surface area contributed by atoms with Crippen LogP contribution in [0.25, 0.3) is 0 Å². The first-order chi connectivity index (χ1) is 11.6. The van der Waals surface area contributed by atoms with Crippen LogP contribution in [-0.4, -0.2) is 16.0 Å². The third-order valence-corrected chi connectivity index (χ3v) is 5.20. The average Bonchev–Trinajstić information content (AvgIpc) is 3.07. The molecule has 0 saturated heterocycles. The van der Waals surface area contributed by atoms with Crippen molar-refractivity contribution in [3.8, 4) is 0 Å². The molecule has 128 valence electrons. The summed E-state index contributed by atoms with van der Waals surface area (Å²) >= 11 is 1.74. The van der Waals surface area contributed by atoms with Crippen LogP contribution in [0.3, 0.4) is 0 Å². The first-order valence-corrected chi connectivity index (χ1v) is 9.37. The van der Waals surface area contributed by atoms with Gasteiger partial charge in [-0.3, -0.25) is 4.90 Å². The quantitative estimate of drug-likeness (QED) is 0.627. The van der Waals surface area contributed by atoms with E-state index >= 15 is 0 Å². The molecule has 2 aromatic rings. The lowest BCUT2D eigenvalue weighted by Gasteiger charge is -2.23. The van der Waals surface area contributed by atoms with E-state index in [0.717, 1.165) is 18.8 Å². The Morgan fingerprint density at radius 2 is 1.96 bits per heavy atom. The van der Waals surface area contributed by atoms with Crippen molar-refractivity contribution in [2.45, 2.75) is 50.4 Å². The highest BCUT2D eigenvalue weighted by atomic mass is 32.1. The molecule has 4 heteroatoms.